The fourth-order valence-corrected chi connectivity index (χ4v) is 2.04. The summed E-state index contributed by atoms with van der Waals surface area (Å²) in [5, 5.41) is 0. The monoisotopic (exact) mass is 282 g/mol. The van der Waals surface area contributed by atoms with Gasteiger partial charge in [0.15, 0.2) is 4.77 Å². The number of rotatable bonds is 4. The maximum absolute atomic E-state index is 13.6. The van der Waals surface area contributed by atoms with Crippen LogP contribution in [0.2, 0.25) is 0 Å². The van der Waals surface area contributed by atoms with Gasteiger partial charge in [-0.25, -0.2) is 4.39 Å². The number of carbonyl (C=O) groups excluding carboxylic acids is 1. The zero-order valence-electron chi connectivity index (χ0n) is 10.8. The number of halogens is 1. The van der Waals surface area contributed by atoms with Gasteiger partial charge in [0.25, 0.3) is 0 Å². The number of imidazole rings is 1. The van der Waals surface area contributed by atoms with E-state index in [0.717, 1.165) is 6.42 Å². The minimum Gasteiger partial charge on any atom is -0.461 e. The van der Waals surface area contributed by atoms with Gasteiger partial charge in [-0.05, 0) is 37.7 Å². The molecule has 0 fully saturated rings. The Balaban J connectivity index is 2.31. The number of aromatic nitrogens is 2. The highest BCUT2D eigenvalue weighted by Crippen LogP contribution is 2.17. The number of nitrogens with one attached hydrogen (secondary N) is 1. The Hall–Kier alpha value is -1.69. The maximum Gasteiger partial charge on any atom is 0.326 e. The van der Waals surface area contributed by atoms with Gasteiger partial charge in [-0.1, -0.05) is 13.0 Å². The molecule has 0 bridgehead atoms. The van der Waals surface area contributed by atoms with Crippen molar-refractivity contribution in [3.63, 3.8) is 0 Å². The van der Waals surface area contributed by atoms with Gasteiger partial charge < -0.3 is 14.3 Å². The number of hydrogen-bond donors (Lipinski definition) is 1. The molecule has 2 rings (SSSR count). The molecule has 0 saturated carbocycles. The molecule has 0 spiro atoms. The van der Waals surface area contributed by atoms with Crippen LogP contribution in [0.15, 0.2) is 18.2 Å². The van der Waals surface area contributed by atoms with Crippen molar-refractivity contribution in [2.45, 2.75) is 32.9 Å². The number of para-hydroxylation sites is 1. The molecule has 19 heavy (non-hydrogen) atoms. The van der Waals surface area contributed by atoms with Crippen LogP contribution in [0.25, 0.3) is 11.0 Å². The molecule has 1 N–H and O–H groups in total. The van der Waals surface area contributed by atoms with E-state index in [2.05, 4.69) is 4.98 Å². The number of esters is 1. The number of ether oxygens (including phenoxy) is 1. The minimum atomic E-state index is -0.391. The molecule has 0 saturated heterocycles. The highest BCUT2D eigenvalue weighted by Gasteiger charge is 2.13. The first-order valence-corrected chi connectivity index (χ1v) is 6.50. The van der Waals surface area contributed by atoms with Crippen LogP contribution in [0.5, 0.6) is 0 Å². The molecule has 6 heteroatoms. The molecule has 0 aliphatic carbocycles. The van der Waals surface area contributed by atoms with Crippen molar-refractivity contribution in [2.24, 2.45) is 0 Å². The molecule has 0 aliphatic heterocycles. The lowest BCUT2D eigenvalue weighted by Gasteiger charge is -2.11. The standard InChI is InChI=1S/C13H15FN2O2S/c1-3-8(2)18-11(17)7-16-10-6-4-5-9(14)12(10)15-13(16)19/h4-6,8H,3,7H2,1-2H3,(H,15,19). The number of benzene rings is 1. The van der Waals surface area contributed by atoms with E-state index in [4.69, 9.17) is 17.0 Å². The SMILES string of the molecule is CCC(C)OC(=O)Cn1c(=S)[nH]c2c(F)cccc21. The van der Waals surface area contributed by atoms with E-state index < -0.39 is 5.82 Å². The molecule has 0 radical (unpaired) electrons. The van der Waals surface area contributed by atoms with Gasteiger partial charge in [0, 0.05) is 0 Å². The minimum absolute atomic E-state index is 0.0212. The molecule has 102 valence electrons. The second-order valence-corrected chi connectivity index (χ2v) is 4.75. The summed E-state index contributed by atoms with van der Waals surface area (Å²) in [5.41, 5.74) is 0.870. The summed E-state index contributed by atoms with van der Waals surface area (Å²) < 4.78 is 20.6. The van der Waals surface area contributed by atoms with Crippen molar-refractivity contribution < 1.29 is 13.9 Å². The average molecular weight is 282 g/mol. The normalized spacial score (nSPS) is 12.6. The molecular formula is C13H15FN2O2S. The predicted octanol–water partition coefficient (Wildman–Crippen LogP) is 3.18. The molecule has 0 aliphatic rings. The highest BCUT2D eigenvalue weighted by atomic mass is 32.1. The fraction of sp³-hybridized carbons (Fsp3) is 0.385. The number of nitrogens with zero attached hydrogens (tertiary/aromatic N) is 1. The van der Waals surface area contributed by atoms with Crippen LogP contribution in [-0.2, 0) is 16.1 Å². The van der Waals surface area contributed by atoms with E-state index in [0.29, 0.717) is 15.8 Å². The molecule has 2 aromatic rings. The van der Waals surface area contributed by atoms with E-state index in [1.165, 1.54) is 6.07 Å². The largest absolute Gasteiger partial charge is 0.461 e. The van der Waals surface area contributed by atoms with Gasteiger partial charge in [-0.3, -0.25) is 4.79 Å². The molecule has 1 heterocycles. The Labute approximate surface area is 115 Å². The highest BCUT2D eigenvalue weighted by molar-refractivity contribution is 7.71. The van der Waals surface area contributed by atoms with E-state index in [1.807, 2.05) is 13.8 Å². The number of aromatic amines is 1. The van der Waals surface area contributed by atoms with E-state index in [1.54, 1.807) is 16.7 Å². The van der Waals surface area contributed by atoms with E-state index in [-0.39, 0.29) is 18.6 Å². The number of H-pyrrole nitrogens is 1. The van der Waals surface area contributed by atoms with Crippen molar-refractivity contribution in [1.82, 2.24) is 9.55 Å². The van der Waals surface area contributed by atoms with E-state index >= 15 is 0 Å². The second kappa shape index (κ2) is 5.52. The molecule has 1 unspecified atom stereocenters. The van der Waals surface area contributed by atoms with Crippen LogP contribution in [0.3, 0.4) is 0 Å². The second-order valence-electron chi connectivity index (χ2n) is 4.36. The Bertz CT molecular complexity index is 662. The summed E-state index contributed by atoms with van der Waals surface area (Å²) >= 11 is 5.11. The topological polar surface area (TPSA) is 47.0 Å². The smallest absolute Gasteiger partial charge is 0.326 e. The summed E-state index contributed by atoms with van der Waals surface area (Å²) in [6.45, 7) is 3.74. The lowest BCUT2D eigenvalue weighted by atomic mass is 10.3. The van der Waals surface area contributed by atoms with E-state index in [9.17, 15) is 9.18 Å². The van der Waals surface area contributed by atoms with Gasteiger partial charge >= 0.3 is 5.97 Å². The summed E-state index contributed by atoms with van der Waals surface area (Å²) in [6, 6.07) is 4.63. The van der Waals surface area contributed by atoms with Gasteiger partial charge in [0.1, 0.15) is 17.9 Å². The van der Waals surface area contributed by atoms with Gasteiger partial charge in [-0.2, -0.15) is 0 Å². The van der Waals surface area contributed by atoms with Crippen LogP contribution in [0, 0.1) is 10.6 Å². The molecule has 0 amide bonds. The van der Waals surface area contributed by atoms with Crippen molar-refractivity contribution in [3.8, 4) is 0 Å². The van der Waals surface area contributed by atoms with Gasteiger partial charge in [-0.15, -0.1) is 0 Å². The Morgan fingerprint density at radius 2 is 2.32 bits per heavy atom. The molecular weight excluding hydrogens is 267 g/mol. The predicted molar refractivity (Wildman–Crippen MR) is 72.9 cm³/mol. The lowest BCUT2D eigenvalue weighted by Crippen LogP contribution is -2.19. The van der Waals surface area contributed by atoms with Crippen LogP contribution >= 0.6 is 12.2 Å². The van der Waals surface area contributed by atoms with Gasteiger partial charge in [0.2, 0.25) is 0 Å². The summed E-state index contributed by atoms with van der Waals surface area (Å²) in [6.07, 6.45) is 0.614. The first-order chi connectivity index (χ1) is 9.02. The van der Waals surface area contributed by atoms with Crippen molar-refractivity contribution in [1.29, 1.82) is 0 Å². The van der Waals surface area contributed by atoms with Crippen molar-refractivity contribution in [2.75, 3.05) is 0 Å². The third-order valence-electron chi connectivity index (χ3n) is 2.95. The van der Waals surface area contributed by atoms with Crippen LogP contribution < -0.4 is 0 Å². The summed E-state index contributed by atoms with van der Waals surface area (Å²) in [4.78, 5) is 14.5. The molecule has 1 aromatic heterocycles. The maximum atomic E-state index is 13.6. The summed E-state index contributed by atoms with van der Waals surface area (Å²) in [7, 11) is 0. The lowest BCUT2D eigenvalue weighted by molar-refractivity contribution is -0.149. The van der Waals surface area contributed by atoms with Gasteiger partial charge in [0.05, 0.1) is 11.6 Å². The Morgan fingerprint density at radius 3 is 3.00 bits per heavy atom. The molecule has 1 aromatic carbocycles. The first-order valence-electron chi connectivity index (χ1n) is 6.09. The number of carbonyl (C=O) groups is 1. The zero-order valence-corrected chi connectivity index (χ0v) is 11.6. The first kappa shape index (κ1) is 13.7. The molecule has 1 atom stereocenters. The van der Waals surface area contributed by atoms with Crippen LogP contribution in [-0.4, -0.2) is 21.6 Å². The third-order valence-corrected chi connectivity index (χ3v) is 3.28. The van der Waals surface area contributed by atoms with Crippen LogP contribution in [0.1, 0.15) is 20.3 Å². The van der Waals surface area contributed by atoms with Crippen molar-refractivity contribution in [3.05, 3.63) is 28.8 Å². The average Bonchev–Trinajstić information content (AvgIpc) is 2.68. The number of hydrogen-bond acceptors (Lipinski definition) is 3. The zero-order chi connectivity index (χ0) is 14.0. The fourth-order valence-electron chi connectivity index (χ4n) is 1.78. The third kappa shape index (κ3) is 2.84. The summed E-state index contributed by atoms with van der Waals surface area (Å²) in [5.74, 6) is -0.770. The molecule has 4 nitrogen and oxygen atoms in total. The number of fused-ring (bicyclic) bond motifs is 1. The Kier molecular flexibility index (Phi) is 3.99. The Morgan fingerprint density at radius 1 is 1.58 bits per heavy atom. The van der Waals surface area contributed by atoms with Crippen LogP contribution in [0.4, 0.5) is 4.39 Å². The van der Waals surface area contributed by atoms with Crippen molar-refractivity contribution >= 4 is 29.2 Å². The quantitative estimate of drug-likeness (QED) is 0.692.